The molecule has 1 aromatic heterocycles. The Morgan fingerprint density at radius 3 is 2.36 bits per heavy atom. The molecule has 0 radical (unpaired) electrons. The molecule has 124 valence electrons. The topological polar surface area (TPSA) is 109 Å². The van der Waals surface area contributed by atoms with Crippen molar-refractivity contribution in [3.63, 3.8) is 0 Å². The fourth-order valence-corrected chi connectivity index (χ4v) is 3.32. The summed E-state index contributed by atoms with van der Waals surface area (Å²) < 4.78 is 0. The van der Waals surface area contributed by atoms with Gasteiger partial charge in [-0.2, -0.15) is 5.10 Å². The number of aryl methyl sites for hydroxylation is 2. The Hall–Kier alpha value is -3.55. The molecule has 0 bridgehead atoms. The smallest absolute Gasteiger partial charge is 0.277 e. The molecule has 0 atom stereocenters. The van der Waals surface area contributed by atoms with Crippen molar-refractivity contribution >= 4 is 34.0 Å². The van der Waals surface area contributed by atoms with Crippen LogP contribution in [-0.2, 0) is 0 Å². The van der Waals surface area contributed by atoms with E-state index >= 15 is 0 Å². The minimum Gasteiger partial charge on any atom is -0.280 e. The summed E-state index contributed by atoms with van der Waals surface area (Å²) in [5.74, 6) is -1.03. The summed E-state index contributed by atoms with van der Waals surface area (Å²) in [5, 5.41) is 18.7. The lowest BCUT2D eigenvalue weighted by Crippen LogP contribution is -2.41. The highest BCUT2D eigenvalue weighted by molar-refractivity contribution is 6.36. The fraction of sp³-hybridized carbons (Fsp3) is 0.118. The molecule has 8 nitrogen and oxygen atoms in total. The fourth-order valence-electron chi connectivity index (χ4n) is 3.32. The Labute approximate surface area is 141 Å². The van der Waals surface area contributed by atoms with Crippen molar-refractivity contribution in [2.75, 3.05) is 4.90 Å². The number of anilines is 1. The Kier molecular flexibility index (Phi) is 2.98. The third-order valence-corrected chi connectivity index (χ3v) is 4.39. The van der Waals surface area contributed by atoms with Crippen LogP contribution in [0.3, 0.4) is 0 Å². The van der Waals surface area contributed by atoms with Crippen LogP contribution in [0.5, 0.6) is 0 Å². The predicted octanol–water partition coefficient (Wildman–Crippen LogP) is 2.89. The van der Waals surface area contributed by atoms with E-state index < -0.39 is 16.7 Å². The van der Waals surface area contributed by atoms with E-state index in [1.54, 1.807) is 32.0 Å². The maximum absolute atomic E-state index is 13.0. The number of carbonyl (C=O) groups is 2. The number of H-pyrrole nitrogens is 1. The van der Waals surface area contributed by atoms with Gasteiger partial charge in [0.1, 0.15) is 0 Å². The summed E-state index contributed by atoms with van der Waals surface area (Å²) in [4.78, 5) is 37.8. The number of nitrogens with one attached hydrogen (secondary N) is 1. The largest absolute Gasteiger partial charge is 0.280 e. The molecule has 25 heavy (non-hydrogen) atoms. The maximum Gasteiger partial charge on any atom is 0.277 e. The summed E-state index contributed by atoms with van der Waals surface area (Å²) in [6.45, 7) is 3.42. The average Bonchev–Trinajstić information content (AvgIpc) is 2.91. The van der Waals surface area contributed by atoms with Gasteiger partial charge in [0.15, 0.2) is 0 Å². The van der Waals surface area contributed by atoms with Crippen LogP contribution in [0.25, 0.3) is 10.8 Å². The first-order chi connectivity index (χ1) is 11.9. The number of nitro benzene ring substituents is 1. The SMILES string of the molecule is Cc1n[nH]c(C)c1N1C(=O)c2cccc3c([N+](=O)[O-])ccc(c23)C1=O. The number of hydrogen-bond donors (Lipinski definition) is 1. The van der Waals surface area contributed by atoms with Crippen LogP contribution < -0.4 is 4.90 Å². The number of aromatic amines is 1. The molecule has 8 heteroatoms. The summed E-state index contributed by atoms with van der Waals surface area (Å²) >= 11 is 0. The summed E-state index contributed by atoms with van der Waals surface area (Å²) in [7, 11) is 0. The number of benzene rings is 2. The molecule has 3 aromatic rings. The van der Waals surface area contributed by atoms with Gasteiger partial charge in [0, 0.05) is 22.6 Å². The molecule has 1 N–H and O–H groups in total. The average molecular weight is 336 g/mol. The lowest BCUT2D eigenvalue weighted by atomic mass is 9.92. The molecule has 2 aromatic carbocycles. The van der Waals surface area contributed by atoms with Gasteiger partial charge in [0.2, 0.25) is 0 Å². The summed E-state index contributed by atoms with van der Waals surface area (Å²) in [5.41, 5.74) is 1.92. The van der Waals surface area contributed by atoms with E-state index in [0.29, 0.717) is 22.5 Å². The first-order valence-electron chi connectivity index (χ1n) is 7.52. The highest BCUT2D eigenvalue weighted by atomic mass is 16.6. The van der Waals surface area contributed by atoms with Crippen molar-refractivity contribution < 1.29 is 14.5 Å². The van der Waals surface area contributed by atoms with Gasteiger partial charge in [-0.05, 0) is 32.0 Å². The molecular weight excluding hydrogens is 324 g/mol. The van der Waals surface area contributed by atoms with Crippen LogP contribution in [0.1, 0.15) is 32.1 Å². The number of hydrogen-bond acceptors (Lipinski definition) is 5. The number of rotatable bonds is 2. The van der Waals surface area contributed by atoms with E-state index in [1.165, 1.54) is 12.1 Å². The number of non-ortho nitro benzene ring substituents is 1. The molecule has 0 saturated heterocycles. The third kappa shape index (κ3) is 1.90. The van der Waals surface area contributed by atoms with E-state index in [1.807, 2.05) is 0 Å². The quantitative estimate of drug-likeness (QED) is 0.439. The van der Waals surface area contributed by atoms with Crippen molar-refractivity contribution in [2.24, 2.45) is 0 Å². The minimum absolute atomic E-state index is 0.134. The second-order valence-electron chi connectivity index (χ2n) is 5.85. The number of aromatic nitrogens is 2. The number of carbonyl (C=O) groups excluding carboxylic acids is 2. The number of nitrogens with zero attached hydrogens (tertiary/aromatic N) is 3. The second kappa shape index (κ2) is 4.97. The van der Waals surface area contributed by atoms with Gasteiger partial charge in [0.25, 0.3) is 17.5 Å². The highest BCUT2D eigenvalue weighted by Crippen LogP contribution is 2.37. The van der Waals surface area contributed by atoms with Crippen LogP contribution in [-0.4, -0.2) is 26.9 Å². The minimum atomic E-state index is -0.519. The lowest BCUT2D eigenvalue weighted by molar-refractivity contribution is -0.383. The normalized spacial score (nSPS) is 13.6. The molecule has 2 heterocycles. The molecule has 0 spiro atoms. The van der Waals surface area contributed by atoms with E-state index in [4.69, 9.17) is 0 Å². The van der Waals surface area contributed by atoms with Gasteiger partial charge in [-0.1, -0.05) is 6.07 Å². The van der Waals surface area contributed by atoms with Crippen LogP contribution in [0, 0.1) is 24.0 Å². The second-order valence-corrected chi connectivity index (χ2v) is 5.85. The molecule has 1 aliphatic heterocycles. The van der Waals surface area contributed by atoms with Crippen molar-refractivity contribution in [1.29, 1.82) is 0 Å². The van der Waals surface area contributed by atoms with E-state index in [0.717, 1.165) is 4.90 Å². The molecule has 2 amide bonds. The van der Waals surface area contributed by atoms with E-state index in [-0.39, 0.29) is 22.2 Å². The van der Waals surface area contributed by atoms with Gasteiger partial charge in [-0.3, -0.25) is 24.8 Å². The van der Waals surface area contributed by atoms with Crippen LogP contribution in [0.15, 0.2) is 30.3 Å². The zero-order chi connectivity index (χ0) is 17.9. The standard InChI is InChI=1S/C17H12N4O4/c1-8-15(9(2)19-18-8)20-16(22)11-5-3-4-10-13(21(24)25)7-6-12(14(10)11)17(20)23/h3-7H,1-2H3,(H,18,19). The summed E-state index contributed by atoms with van der Waals surface area (Å²) in [6, 6.07) is 7.39. The number of imide groups is 1. The lowest BCUT2D eigenvalue weighted by Gasteiger charge is -2.27. The van der Waals surface area contributed by atoms with Crippen LogP contribution in [0.4, 0.5) is 11.4 Å². The van der Waals surface area contributed by atoms with Crippen molar-refractivity contribution in [1.82, 2.24) is 10.2 Å². The molecule has 0 saturated carbocycles. The summed E-state index contributed by atoms with van der Waals surface area (Å²) in [6.07, 6.45) is 0. The van der Waals surface area contributed by atoms with Crippen molar-refractivity contribution in [2.45, 2.75) is 13.8 Å². The predicted molar refractivity (Wildman–Crippen MR) is 89.8 cm³/mol. The molecule has 0 aliphatic carbocycles. The van der Waals surface area contributed by atoms with E-state index in [2.05, 4.69) is 10.2 Å². The first kappa shape index (κ1) is 15.0. The Balaban J connectivity index is 2.05. The third-order valence-electron chi connectivity index (χ3n) is 4.39. The first-order valence-corrected chi connectivity index (χ1v) is 7.52. The van der Waals surface area contributed by atoms with Crippen LogP contribution in [0.2, 0.25) is 0 Å². The Bertz CT molecular complexity index is 1060. The molecular formula is C17H12N4O4. The number of nitro groups is 1. The van der Waals surface area contributed by atoms with E-state index in [9.17, 15) is 19.7 Å². The highest BCUT2D eigenvalue weighted by Gasteiger charge is 2.37. The molecule has 0 unspecified atom stereocenters. The zero-order valence-corrected chi connectivity index (χ0v) is 13.4. The van der Waals surface area contributed by atoms with Gasteiger partial charge in [0.05, 0.1) is 27.4 Å². The Morgan fingerprint density at radius 1 is 1.08 bits per heavy atom. The van der Waals surface area contributed by atoms with Gasteiger partial charge in [-0.25, -0.2) is 4.90 Å². The van der Waals surface area contributed by atoms with Crippen molar-refractivity contribution in [3.05, 3.63) is 63.0 Å². The van der Waals surface area contributed by atoms with Gasteiger partial charge in [-0.15, -0.1) is 0 Å². The van der Waals surface area contributed by atoms with Gasteiger partial charge < -0.3 is 0 Å². The monoisotopic (exact) mass is 336 g/mol. The maximum atomic E-state index is 13.0. The molecule has 1 aliphatic rings. The van der Waals surface area contributed by atoms with Crippen LogP contribution >= 0.6 is 0 Å². The molecule has 0 fully saturated rings. The zero-order valence-electron chi connectivity index (χ0n) is 13.4. The Morgan fingerprint density at radius 2 is 1.76 bits per heavy atom. The number of amides is 2. The van der Waals surface area contributed by atoms with Crippen molar-refractivity contribution in [3.8, 4) is 0 Å². The van der Waals surface area contributed by atoms with Gasteiger partial charge >= 0.3 is 0 Å². The molecule has 4 rings (SSSR count).